The number of carbonyl (C=O) groups is 1. The number of allylic oxidation sites excluding steroid dienone is 1. The van der Waals surface area contributed by atoms with E-state index >= 15 is 0 Å². The zero-order valence-electron chi connectivity index (χ0n) is 13.4. The predicted octanol–water partition coefficient (Wildman–Crippen LogP) is 3.27. The molecule has 2 aliphatic heterocycles. The summed E-state index contributed by atoms with van der Waals surface area (Å²) in [5, 5.41) is 0. The minimum atomic E-state index is 0.0921. The summed E-state index contributed by atoms with van der Waals surface area (Å²) in [6.07, 6.45) is 5.94. The van der Waals surface area contributed by atoms with Crippen molar-refractivity contribution in [3.05, 3.63) is 45.5 Å². The first-order valence-corrected chi connectivity index (χ1v) is 8.01. The molecule has 0 saturated carbocycles. The molecule has 1 aromatic carbocycles. The number of nitrogens with zero attached hydrogens (tertiary/aromatic N) is 1. The second-order valence-corrected chi connectivity index (χ2v) is 7.13. The molecular weight excluding hydrogens is 258 g/mol. The Kier molecular flexibility index (Phi) is 2.57. The van der Waals surface area contributed by atoms with E-state index in [-0.39, 0.29) is 5.41 Å². The van der Waals surface area contributed by atoms with E-state index in [0.29, 0.717) is 18.2 Å². The molecule has 0 radical (unpaired) electrons. The molecule has 1 aromatic rings. The summed E-state index contributed by atoms with van der Waals surface area (Å²) in [4.78, 5) is 14.5. The lowest BCUT2D eigenvalue weighted by atomic mass is 9.64. The van der Waals surface area contributed by atoms with Gasteiger partial charge in [0, 0.05) is 31.0 Å². The highest BCUT2D eigenvalue weighted by atomic mass is 16.1. The van der Waals surface area contributed by atoms with Gasteiger partial charge in [0.25, 0.3) is 0 Å². The maximum Gasteiger partial charge on any atom is 0.157 e. The van der Waals surface area contributed by atoms with Gasteiger partial charge in [-0.05, 0) is 73.6 Å². The predicted molar refractivity (Wildman–Crippen MR) is 84.6 cm³/mol. The highest BCUT2D eigenvalue weighted by Gasteiger charge is 2.53. The molecule has 2 nitrogen and oxygen atoms in total. The maximum absolute atomic E-state index is 11.9. The van der Waals surface area contributed by atoms with Gasteiger partial charge in [-0.3, -0.25) is 9.69 Å². The molecule has 110 valence electrons. The van der Waals surface area contributed by atoms with Crippen LogP contribution >= 0.6 is 0 Å². The molecule has 0 spiro atoms. The molecule has 0 N–H and O–H groups in total. The molecule has 1 unspecified atom stereocenters. The monoisotopic (exact) mass is 281 g/mol. The van der Waals surface area contributed by atoms with E-state index < -0.39 is 0 Å². The summed E-state index contributed by atoms with van der Waals surface area (Å²) in [6, 6.07) is 0.391. The van der Waals surface area contributed by atoms with Crippen LogP contribution in [0.25, 0.3) is 0 Å². The van der Waals surface area contributed by atoms with E-state index in [4.69, 9.17) is 0 Å². The van der Waals surface area contributed by atoms with Gasteiger partial charge in [-0.1, -0.05) is 6.08 Å². The number of ketones is 1. The number of fused-ring (bicyclic) bond motifs is 1. The van der Waals surface area contributed by atoms with Crippen LogP contribution in [-0.2, 0) is 16.8 Å². The van der Waals surface area contributed by atoms with E-state index in [0.717, 1.165) is 19.5 Å². The molecule has 3 aliphatic rings. The molecule has 4 rings (SSSR count). The van der Waals surface area contributed by atoms with Crippen LogP contribution in [0.5, 0.6) is 0 Å². The molecule has 0 aromatic heterocycles. The van der Waals surface area contributed by atoms with Crippen molar-refractivity contribution in [2.24, 2.45) is 0 Å². The fraction of sp³-hybridized carbons (Fsp3) is 0.526. The van der Waals surface area contributed by atoms with Crippen molar-refractivity contribution < 1.29 is 4.79 Å². The highest BCUT2D eigenvalue weighted by Crippen LogP contribution is 2.52. The van der Waals surface area contributed by atoms with Gasteiger partial charge in [0.2, 0.25) is 0 Å². The Labute approximate surface area is 126 Å². The van der Waals surface area contributed by atoms with Crippen LogP contribution in [0.2, 0.25) is 0 Å². The Bertz CT molecular complexity index is 700. The van der Waals surface area contributed by atoms with Gasteiger partial charge < -0.3 is 0 Å². The van der Waals surface area contributed by atoms with Crippen LogP contribution in [0.1, 0.15) is 46.2 Å². The Morgan fingerprint density at radius 2 is 1.81 bits per heavy atom. The van der Waals surface area contributed by atoms with Crippen molar-refractivity contribution in [2.75, 3.05) is 6.54 Å². The van der Waals surface area contributed by atoms with Crippen LogP contribution in [-0.4, -0.2) is 23.3 Å². The first-order valence-electron chi connectivity index (χ1n) is 8.01. The highest BCUT2D eigenvalue weighted by molar-refractivity contribution is 5.92. The molecule has 2 heterocycles. The quantitative estimate of drug-likeness (QED) is 0.727. The molecule has 2 heteroatoms. The second kappa shape index (κ2) is 4.07. The average molecular weight is 281 g/mol. The topological polar surface area (TPSA) is 20.3 Å². The summed E-state index contributed by atoms with van der Waals surface area (Å²) in [7, 11) is 0. The standard InChI is InChI=1S/C19H23NO/c1-11-12(2)14(4)18-16(13(11)3)10-20-8-7-19(18)6-5-15(21)9-17(19)20/h5-6,17H,7-10H2,1-4H3/t17-,19+/m0/s1. The summed E-state index contributed by atoms with van der Waals surface area (Å²) < 4.78 is 0. The van der Waals surface area contributed by atoms with E-state index in [1.165, 1.54) is 27.8 Å². The van der Waals surface area contributed by atoms with Crippen molar-refractivity contribution >= 4 is 5.78 Å². The first-order chi connectivity index (χ1) is 9.95. The molecule has 3 atom stereocenters. The third-order valence-corrected chi connectivity index (χ3v) is 6.45. The van der Waals surface area contributed by atoms with Gasteiger partial charge in [0.15, 0.2) is 5.78 Å². The van der Waals surface area contributed by atoms with E-state index in [9.17, 15) is 4.79 Å². The van der Waals surface area contributed by atoms with Gasteiger partial charge >= 0.3 is 0 Å². The minimum Gasteiger partial charge on any atom is -0.295 e. The Morgan fingerprint density at radius 3 is 2.57 bits per heavy atom. The van der Waals surface area contributed by atoms with Crippen molar-refractivity contribution in [2.45, 2.75) is 58.5 Å². The van der Waals surface area contributed by atoms with Gasteiger partial charge in [-0.15, -0.1) is 0 Å². The Hall–Kier alpha value is -1.41. The Morgan fingerprint density at radius 1 is 1.10 bits per heavy atom. The zero-order chi connectivity index (χ0) is 14.9. The third kappa shape index (κ3) is 1.49. The number of carbonyl (C=O) groups excluding carboxylic acids is 1. The number of benzene rings is 1. The SMILES string of the molecule is Cc1c(C)c(C)c2c(c1C)CN1CC[C@@]23C=CC(=O)C[C@H]13. The van der Waals surface area contributed by atoms with E-state index in [1.54, 1.807) is 5.56 Å². The molecule has 2 bridgehead atoms. The van der Waals surface area contributed by atoms with Crippen LogP contribution in [0.15, 0.2) is 12.2 Å². The molecule has 1 fully saturated rings. The first kappa shape index (κ1) is 13.3. The lowest BCUT2D eigenvalue weighted by Crippen LogP contribution is -2.49. The van der Waals surface area contributed by atoms with Crippen molar-refractivity contribution in [3.8, 4) is 0 Å². The fourth-order valence-corrected chi connectivity index (χ4v) is 4.97. The number of rotatable bonds is 0. The maximum atomic E-state index is 11.9. The van der Waals surface area contributed by atoms with Crippen LogP contribution in [0, 0.1) is 27.7 Å². The van der Waals surface area contributed by atoms with Crippen molar-refractivity contribution in [1.29, 1.82) is 0 Å². The van der Waals surface area contributed by atoms with E-state index in [1.807, 2.05) is 6.08 Å². The largest absolute Gasteiger partial charge is 0.295 e. The van der Waals surface area contributed by atoms with Gasteiger partial charge in [-0.2, -0.15) is 0 Å². The van der Waals surface area contributed by atoms with Gasteiger partial charge in [-0.25, -0.2) is 0 Å². The average Bonchev–Trinajstić information content (AvgIpc) is 2.73. The van der Waals surface area contributed by atoms with Gasteiger partial charge in [0.05, 0.1) is 0 Å². The fourth-order valence-electron chi connectivity index (χ4n) is 4.97. The van der Waals surface area contributed by atoms with Crippen molar-refractivity contribution in [3.63, 3.8) is 0 Å². The van der Waals surface area contributed by atoms with Crippen LogP contribution < -0.4 is 0 Å². The molecule has 1 aliphatic carbocycles. The number of hydrogen-bond donors (Lipinski definition) is 0. The second-order valence-electron chi connectivity index (χ2n) is 7.13. The van der Waals surface area contributed by atoms with E-state index in [2.05, 4.69) is 38.7 Å². The van der Waals surface area contributed by atoms with Crippen LogP contribution in [0.4, 0.5) is 0 Å². The lowest BCUT2D eigenvalue weighted by molar-refractivity contribution is -0.116. The smallest absolute Gasteiger partial charge is 0.157 e. The summed E-state index contributed by atoms with van der Waals surface area (Å²) in [6.45, 7) is 11.2. The lowest BCUT2D eigenvalue weighted by Gasteiger charge is -2.46. The zero-order valence-corrected chi connectivity index (χ0v) is 13.4. The molecule has 0 amide bonds. The van der Waals surface area contributed by atoms with Crippen molar-refractivity contribution in [1.82, 2.24) is 4.90 Å². The molecule has 21 heavy (non-hydrogen) atoms. The summed E-state index contributed by atoms with van der Waals surface area (Å²) in [5.74, 6) is 0.296. The molecular formula is C19H23NO. The normalized spacial score (nSPS) is 33.0. The summed E-state index contributed by atoms with van der Waals surface area (Å²) >= 11 is 0. The van der Waals surface area contributed by atoms with Crippen LogP contribution in [0.3, 0.4) is 0 Å². The third-order valence-electron chi connectivity index (χ3n) is 6.45. The number of hydrogen-bond acceptors (Lipinski definition) is 2. The summed E-state index contributed by atoms with van der Waals surface area (Å²) in [5.41, 5.74) is 8.97. The van der Waals surface area contributed by atoms with Gasteiger partial charge in [0.1, 0.15) is 0 Å². The Balaban J connectivity index is 2.06. The minimum absolute atomic E-state index is 0.0921. The molecule has 1 saturated heterocycles.